The number of rotatable bonds is 14. The van der Waals surface area contributed by atoms with Crippen molar-refractivity contribution in [3.05, 3.63) is 94.5 Å². The maximum atomic E-state index is 13.9. The molecule has 0 aliphatic rings. The average molecular weight is 645 g/mol. The van der Waals surface area contributed by atoms with Crippen LogP contribution >= 0.6 is 15.9 Å². The van der Waals surface area contributed by atoms with E-state index in [0.29, 0.717) is 17.9 Å². The van der Waals surface area contributed by atoms with Gasteiger partial charge in [0.05, 0.1) is 19.1 Å². The summed E-state index contributed by atoms with van der Waals surface area (Å²) in [5.41, 5.74) is 2.28. The van der Waals surface area contributed by atoms with Crippen molar-refractivity contribution in [2.24, 2.45) is 0 Å². The van der Waals surface area contributed by atoms with Crippen molar-refractivity contribution in [1.82, 2.24) is 10.2 Å². The van der Waals surface area contributed by atoms with Gasteiger partial charge in [0.2, 0.25) is 21.8 Å². The third kappa shape index (κ3) is 9.89. The maximum Gasteiger partial charge on any atom is 0.243 e. The number of sulfonamides is 1. The topological polar surface area (TPSA) is 96.0 Å². The van der Waals surface area contributed by atoms with Crippen molar-refractivity contribution in [2.45, 2.75) is 51.7 Å². The predicted molar refractivity (Wildman–Crippen MR) is 166 cm³/mol. The second kappa shape index (κ2) is 15.0. The van der Waals surface area contributed by atoms with E-state index in [0.717, 1.165) is 21.9 Å². The smallest absolute Gasteiger partial charge is 0.243 e. The molecule has 0 bridgehead atoms. The van der Waals surface area contributed by atoms with Crippen molar-refractivity contribution in [3.63, 3.8) is 0 Å². The number of ether oxygens (including phenoxy) is 1. The van der Waals surface area contributed by atoms with E-state index in [2.05, 4.69) is 21.2 Å². The standard InChI is InChI=1S/C31H38BrN3O5S/c1-23(2)33-31(37)29(20-24-10-6-5-7-11-24)34(22-25-15-17-26(32)18-16-25)30(36)14-9-19-35(41(4,38)39)27-12-8-13-28(21-27)40-3/h5-8,10-13,15-18,21,23,29H,9,14,19-20,22H2,1-4H3,(H,33,37)/t29-/m1/s1. The number of methoxy groups -OCH3 is 1. The quantitative estimate of drug-likeness (QED) is 0.262. The van der Waals surface area contributed by atoms with Crippen LogP contribution in [0.1, 0.15) is 37.8 Å². The molecule has 0 heterocycles. The van der Waals surface area contributed by atoms with Gasteiger partial charge in [-0.25, -0.2) is 8.42 Å². The largest absolute Gasteiger partial charge is 0.497 e. The summed E-state index contributed by atoms with van der Waals surface area (Å²) in [6.07, 6.45) is 1.82. The lowest BCUT2D eigenvalue weighted by Gasteiger charge is -2.32. The van der Waals surface area contributed by atoms with Crippen LogP contribution < -0.4 is 14.4 Å². The molecule has 0 saturated carbocycles. The van der Waals surface area contributed by atoms with Gasteiger partial charge in [0.1, 0.15) is 11.8 Å². The molecule has 220 valence electrons. The summed E-state index contributed by atoms with van der Waals surface area (Å²) in [4.78, 5) is 29.0. The Balaban J connectivity index is 1.88. The van der Waals surface area contributed by atoms with Crippen LogP contribution in [0.15, 0.2) is 83.3 Å². The van der Waals surface area contributed by atoms with Gasteiger partial charge >= 0.3 is 0 Å². The van der Waals surface area contributed by atoms with Gasteiger partial charge in [0, 0.05) is 42.5 Å². The first-order valence-corrected chi connectivity index (χ1v) is 16.1. The third-order valence-electron chi connectivity index (χ3n) is 6.46. The lowest BCUT2D eigenvalue weighted by molar-refractivity contribution is -0.141. The van der Waals surface area contributed by atoms with Gasteiger partial charge in [0.25, 0.3) is 0 Å². The number of amides is 2. The molecule has 0 spiro atoms. The predicted octanol–water partition coefficient (Wildman–Crippen LogP) is 5.17. The van der Waals surface area contributed by atoms with Gasteiger partial charge in [-0.2, -0.15) is 0 Å². The van der Waals surface area contributed by atoms with Crippen LogP contribution in [0.5, 0.6) is 5.75 Å². The highest BCUT2D eigenvalue weighted by Gasteiger charge is 2.31. The molecular formula is C31H38BrN3O5S. The molecule has 41 heavy (non-hydrogen) atoms. The Hall–Kier alpha value is -3.37. The lowest BCUT2D eigenvalue weighted by atomic mass is 10.0. The molecular weight excluding hydrogens is 606 g/mol. The van der Waals surface area contributed by atoms with E-state index in [1.54, 1.807) is 29.2 Å². The summed E-state index contributed by atoms with van der Waals surface area (Å²) in [7, 11) is -2.10. The minimum Gasteiger partial charge on any atom is -0.497 e. The van der Waals surface area contributed by atoms with Crippen LogP contribution in [0.3, 0.4) is 0 Å². The van der Waals surface area contributed by atoms with Crippen LogP contribution in [0, 0.1) is 0 Å². The van der Waals surface area contributed by atoms with Crippen LogP contribution in [0.4, 0.5) is 5.69 Å². The minimum atomic E-state index is -3.61. The zero-order valence-corrected chi connectivity index (χ0v) is 26.3. The number of halogens is 1. The van der Waals surface area contributed by atoms with Crippen molar-refractivity contribution in [1.29, 1.82) is 0 Å². The van der Waals surface area contributed by atoms with E-state index in [1.165, 1.54) is 11.4 Å². The van der Waals surface area contributed by atoms with Gasteiger partial charge in [-0.05, 0) is 55.7 Å². The SMILES string of the molecule is COc1cccc(N(CCCC(=O)N(Cc2ccc(Br)cc2)[C@H](Cc2ccccc2)C(=O)NC(C)C)S(C)(=O)=O)c1. The number of nitrogens with zero attached hydrogens (tertiary/aromatic N) is 2. The lowest BCUT2D eigenvalue weighted by Crippen LogP contribution is -2.51. The Labute approximate surface area is 251 Å². The molecule has 8 nitrogen and oxygen atoms in total. The monoisotopic (exact) mass is 643 g/mol. The highest BCUT2D eigenvalue weighted by Crippen LogP contribution is 2.24. The summed E-state index contributed by atoms with van der Waals surface area (Å²) >= 11 is 3.45. The third-order valence-corrected chi connectivity index (χ3v) is 8.18. The molecule has 0 aliphatic carbocycles. The molecule has 3 aromatic carbocycles. The Morgan fingerprint density at radius 1 is 0.951 bits per heavy atom. The minimum absolute atomic E-state index is 0.0623. The van der Waals surface area contributed by atoms with E-state index in [9.17, 15) is 18.0 Å². The van der Waals surface area contributed by atoms with Crippen LogP contribution in [-0.2, 0) is 32.6 Å². The summed E-state index contributed by atoms with van der Waals surface area (Å²) in [6.45, 7) is 4.11. The number of carbonyl (C=O) groups is 2. The van der Waals surface area contributed by atoms with Crippen molar-refractivity contribution in [3.8, 4) is 5.75 Å². The zero-order chi connectivity index (χ0) is 30.0. The first kappa shape index (κ1) is 32.1. The van der Waals surface area contributed by atoms with Crippen LogP contribution in [-0.4, -0.2) is 57.1 Å². The number of hydrogen-bond donors (Lipinski definition) is 1. The van der Waals surface area contributed by atoms with E-state index in [1.807, 2.05) is 68.4 Å². The first-order valence-electron chi connectivity index (χ1n) is 13.5. The number of hydrogen-bond acceptors (Lipinski definition) is 5. The molecule has 1 N–H and O–H groups in total. The van der Waals surface area contributed by atoms with Crippen molar-refractivity contribution in [2.75, 3.05) is 24.2 Å². The molecule has 0 radical (unpaired) electrons. The average Bonchev–Trinajstić information content (AvgIpc) is 2.93. The Kier molecular flexibility index (Phi) is 11.8. The first-order chi connectivity index (χ1) is 19.5. The Morgan fingerprint density at radius 2 is 1.63 bits per heavy atom. The van der Waals surface area contributed by atoms with Gasteiger partial charge in [-0.15, -0.1) is 0 Å². The van der Waals surface area contributed by atoms with Crippen molar-refractivity contribution < 1.29 is 22.7 Å². The second-order valence-electron chi connectivity index (χ2n) is 10.2. The molecule has 10 heteroatoms. The normalized spacial score (nSPS) is 12.0. The van der Waals surface area contributed by atoms with E-state index in [-0.39, 0.29) is 43.8 Å². The van der Waals surface area contributed by atoms with Crippen LogP contribution in [0.25, 0.3) is 0 Å². The molecule has 1 atom stereocenters. The van der Waals surface area contributed by atoms with Gasteiger partial charge in [-0.1, -0.05) is 64.5 Å². The molecule has 0 aliphatic heterocycles. The Morgan fingerprint density at radius 3 is 2.24 bits per heavy atom. The Bertz CT molecular complexity index is 1400. The van der Waals surface area contributed by atoms with Gasteiger partial charge < -0.3 is 15.0 Å². The molecule has 3 rings (SSSR count). The molecule has 0 saturated heterocycles. The fraction of sp³-hybridized carbons (Fsp3) is 0.355. The number of carbonyl (C=O) groups excluding carboxylic acids is 2. The second-order valence-corrected chi connectivity index (χ2v) is 13.0. The fourth-order valence-corrected chi connectivity index (χ4v) is 5.71. The molecule has 0 aromatic heterocycles. The molecule has 3 aromatic rings. The molecule has 0 unspecified atom stereocenters. The van der Waals surface area contributed by atoms with Gasteiger partial charge in [0.15, 0.2) is 0 Å². The number of nitrogens with one attached hydrogen (secondary N) is 1. The number of anilines is 1. The highest BCUT2D eigenvalue weighted by atomic mass is 79.9. The molecule has 0 fully saturated rings. The summed E-state index contributed by atoms with van der Waals surface area (Å²) in [6, 6.07) is 23.2. The molecule has 2 amide bonds. The summed E-state index contributed by atoms with van der Waals surface area (Å²) in [5, 5.41) is 2.98. The maximum absolute atomic E-state index is 13.9. The summed E-state index contributed by atoms with van der Waals surface area (Å²) < 4.78 is 32.7. The van der Waals surface area contributed by atoms with Gasteiger partial charge in [-0.3, -0.25) is 13.9 Å². The number of benzene rings is 3. The van der Waals surface area contributed by atoms with Crippen LogP contribution in [0.2, 0.25) is 0 Å². The fourth-order valence-electron chi connectivity index (χ4n) is 4.49. The zero-order valence-electron chi connectivity index (χ0n) is 23.9. The van der Waals surface area contributed by atoms with Crippen molar-refractivity contribution >= 4 is 43.5 Å². The van der Waals surface area contributed by atoms with E-state index in [4.69, 9.17) is 4.74 Å². The highest BCUT2D eigenvalue weighted by molar-refractivity contribution is 9.10. The van der Waals surface area contributed by atoms with E-state index >= 15 is 0 Å². The van der Waals surface area contributed by atoms with E-state index < -0.39 is 16.1 Å². The summed E-state index contributed by atoms with van der Waals surface area (Å²) in [5.74, 6) is 0.0723.